The molecule has 0 saturated carbocycles. The Kier molecular flexibility index (Phi) is 6.60. The minimum absolute atomic E-state index is 0.0804. The molecule has 1 heterocycles. The minimum Gasteiger partial charge on any atom is -0.480 e. The summed E-state index contributed by atoms with van der Waals surface area (Å²) in [6.07, 6.45) is 3.29. The smallest absolute Gasteiger partial charge is 0.326 e. The van der Waals surface area contributed by atoms with E-state index in [9.17, 15) is 18.0 Å². The van der Waals surface area contributed by atoms with Crippen molar-refractivity contribution < 1.29 is 23.1 Å². The molecular weight excluding hydrogens is 304 g/mol. The molecule has 1 aliphatic rings. The van der Waals surface area contributed by atoms with Gasteiger partial charge in [-0.3, -0.25) is 0 Å². The standard InChI is InChI=1S/C11H20N2O5S2/c1-19-5-4-9(10(14)15)13-11(16)12-8-3-2-6-20(17,18)7-8/h8-9H,2-7H2,1H3,(H,14,15)(H2,12,13,16). The maximum absolute atomic E-state index is 11.7. The van der Waals surface area contributed by atoms with E-state index in [1.54, 1.807) is 0 Å². The number of carboxylic acids is 1. The number of thioether (sulfide) groups is 1. The number of hydrogen-bond donors (Lipinski definition) is 3. The first-order chi connectivity index (χ1) is 9.34. The number of sulfone groups is 1. The van der Waals surface area contributed by atoms with Gasteiger partial charge in [-0.25, -0.2) is 18.0 Å². The number of amides is 2. The van der Waals surface area contributed by atoms with Gasteiger partial charge >= 0.3 is 12.0 Å². The number of carboxylic acid groups (broad SMARTS) is 1. The van der Waals surface area contributed by atoms with Gasteiger partial charge in [0, 0.05) is 6.04 Å². The van der Waals surface area contributed by atoms with Crippen molar-refractivity contribution in [2.75, 3.05) is 23.5 Å². The summed E-state index contributed by atoms with van der Waals surface area (Å²) in [5.74, 6) is -0.401. The van der Waals surface area contributed by atoms with E-state index in [0.29, 0.717) is 25.0 Å². The zero-order chi connectivity index (χ0) is 15.2. The Hall–Kier alpha value is -0.960. The average molecular weight is 324 g/mol. The Labute approximate surface area is 122 Å². The lowest BCUT2D eigenvalue weighted by molar-refractivity contribution is -0.139. The van der Waals surface area contributed by atoms with Crippen LogP contribution in [-0.2, 0) is 14.6 Å². The zero-order valence-electron chi connectivity index (χ0n) is 11.3. The van der Waals surface area contributed by atoms with E-state index in [4.69, 9.17) is 5.11 Å². The highest BCUT2D eigenvalue weighted by Gasteiger charge is 2.27. The molecular formula is C11H20N2O5S2. The van der Waals surface area contributed by atoms with Crippen LogP contribution in [-0.4, -0.2) is 61.1 Å². The first-order valence-corrected chi connectivity index (χ1v) is 9.55. The number of aliphatic carboxylic acids is 1. The van der Waals surface area contributed by atoms with Crippen molar-refractivity contribution in [3.8, 4) is 0 Å². The van der Waals surface area contributed by atoms with Gasteiger partial charge in [-0.15, -0.1) is 0 Å². The number of urea groups is 1. The molecule has 2 unspecified atom stereocenters. The first-order valence-electron chi connectivity index (χ1n) is 6.33. The largest absolute Gasteiger partial charge is 0.480 e. The molecule has 1 saturated heterocycles. The molecule has 20 heavy (non-hydrogen) atoms. The number of rotatable bonds is 6. The van der Waals surface area contributed by atoms with Crippen molar-refractivity contribution in [1.82, 2.24) is 10.6 Å². The van der Waals surface area contributed by atoms with Gasteiger partial charge in [0.2, 0.25) is 0 Å². The lowest BCUT2D eigenvalue weighted by atomic mass is 10.2. The predicted octanol–water partition coefficient (Wildman–Crippen LogP) is 0.0691. The fourth-order valence-electron chi connectivity index (χ4n) is 2.02. The van der Waals surface area contributed by atoms with Crippen LogP contribution in [0.5, 0.6) is 0 Å². The zero-order valence-corrected chi connectivity index (χ0v) is 12.9. The number of nitrogens with one attached hydrogen (secondary N) is 2. The van der Waals surface area contributed by atoms with Crippen LogP contribution in [0, 0.1) is 0 Å². The minimum atomic E-state index is -3.10. The Morgan fingerprint density at radius 1 is 1.45 bits per heavy atom. The summed E-state index contributed by atoms with van der Waals surface area (Å²) >= 11 is 1.50. The molecule has 0 radical (unpaired) electrons. The van der Waals surface area contributed by atoms with Gasteiger partial charge in [-0.1, -0.05) is 0 Å². The highest BCUT2D eigenvalue weighted by Crippen LogP contribution is 2.11. The van der Waals surface area contributed by atoms with Gasteiger partial charge in [0.25, 0.3) is 0 Å². The lowest BCUT2D eigenvalue weighted by Crippen LogP contribution is -2.51. The molecule has 0 aromatic rings. The Balaban J connectivity index is 2.47. The van der Waals surface area contributed by atoms with Crippen molar-refractivity contribution in [3.63, 3.8) is 0 Å². The summed E-state index contributed by atoms with van der Waals surface area (Å²) in [4.78, 5) is 22.7. The van der Waals surface area contributed by atoms with Crippen LogP contribution in [0.15, 0.2) is 0 Å². The molecule has 3 N–H and O–H groups in total. The van der Waals surface area contributed by atoms with E-state index < -0.39 is 33.9 Å². The molecule has 116 valence electrons. The topological polar surface area (TPSA) is 113 Å². The summed E-state index contributed by atoms with van der Waals surface area (Å²) < 4.78 is 22.9. The molecule has 2 amide bonds. The van der Waals surface area contributed by atoms with E-state index >= 15 is 0 Å². The molecule has 0 bridgehead atoms. The normalized spacial score (nSPS) is 22.8. The van der Waals surface area contributed by atoms with Gasteiger partial charge in [-0.2, -0.15) is 11.8 Å². The second kappa shape index (κ2) is 7.72. The van der Waals surface area contributed by atoms with Crippen LogP contribution in [0.25, 0.3) is 0 Å². The van der Waals surface area contributed by atoms with Crippen LogP contribution in [0.1, 0.15) is 19.3 Å². The summed E-state index contributed by atoms with van der Waals surface area (Å²) in [6, 6.07) is -2.02. The summed E-state index contributed by atoms with van der Waals surface area (Å²) in [7, 11) is -3.10. The number of hydrogen-bond acceptors (Lipinski definition) is 5. The predicted molar refractivity (Wildman–Crippen MR) is 77.8 cm³/mol. The maximum Gasteiger partial charge on any atom is 0.326 e. The van der Waals surface area contributed by atoms with E-state index in [0.717, 1.165) is 0 Å². The molecule has 0 aromatic carbocycles. The average Bonchev–Trinajstić information content (AvgIpc) is 2.32. The van der Waals surface area contributed by atoms with Crippen LogP contribution in [0.2, 0.25) is 0 Å². The highest BCUT2D eigenvalue weighted by atomic mass is 32.2. The van der Waals surface area contributed by atoms with Crippen molar-refractivity contribution in [1.29, 1.82) is 0 Å². The molecule has 0 spiro atoms. The molecule has 2 atom stereocenters. The molecule has 1 fully saturated rings. The first kappa shape index (κ1) is 17.1. The second-order valence-electron chi connectivity index (χ2n) is 4.74. The van der Waals surface area contributed by atoms with E-state index in [-0.39, 0.29) is 11.5 Å². The van der Waals surface area contributed by atoms with Crippen molar-refractivity contribution >= 4 is 33.6 Å². The summed E-state index contributed by atoms with van der Waals surface area (Å²) in [5, 5.41) is 13.9. The fourth-order valence-corrected chi connectivity index (χ4v) is 4.12. The Morgan fingerprint density at radius 3 is 2.70 bits per heavy atom. The molecule has 0 aromatic heterocycles. The van der Waals surface area contributed by atoms with Gasteiger partial charge in [0.05, 0.1) is 11.5 Å². The van der Waals surface area contributed by atoms with Gasteiger partial charge in [0.15, 0.2) is 9.84 Å². The van der Waals surface area contributed by atoms with Crippen LogP contribution in [0.3, 0.4) is 0 Å². The summed E-state index contributed by atoms with van der Waals surface area (Å²) in [6.45, 7) is 0. The SMILES string of the molecule is CSCCC(NC(=O)NC1CCCS(=O)(=O)C1)C(=O)O. The monoisotopic (exact) mass is 324 g/mol. The molecule has 7 nitrogen and oxygen atoms in total. The Bertz CT molecular complexity index is 452. The third-order valence-corrected chi connectivity index (χ3v) is 5.48. The van der Waals surface area contributed by atoms with E-state index in [1.165, 1.54) is 11.8 Å². The van der Waals surface area contributed by atoms with Crippen molar-refractivity contribution in [2.45, 2.75) is 31.3 Å². The van der Waals surface area contributed by atoms with E-state index in [2.05, 4.69) is 10.6 Å². The van der Waals surface area contributed by atoms with Crippen LogP contribution >= 0.6 is 11.8 Å². The van der Waals surface area contributed by atoms with Crippen molar-refractivity contribution in [2.24, 2.45) is 0 Å². The van der Waals surface area contributed by atoms with Crippen LogP contribution in [0.4, 0.5) is 4.79 Å². The summed E-state index contributed by atoms with van der Waals surface area (Å²) in [5.41, 5.74) is 0. The molecule has 1 aliphatic heterocycles. The van der Waals surface area contributed by atoms with Crippen molar-refractivity contribution in [3.05, 3.63) is 0 Å². The second-order valence-corrected chi connectivity index (χ2v) is 7.96. The number of carbonyl (C=O) groups excluding carboxylic acids is 1. The van der Waals surface area contributed by atoms with Gasteiger partial charge in [0.1, 0.15) is 6.04 Å². The highest BCUT2D eigenvalue weighted by molar-refractivity contribution is 7.98. The van der Waals surface area contributed by atoms with Gasteiger partial charge < -0.3 is 15.7 Å². The van der Waals surface area contributed by atoms with Gasteiger partial charge in [-0.05, 0) is 31.3 Å². The Morgan fingerprint density at radius 2 is 2.15 bits per heavy atom. The fraction of sp³-hybridized carbons (Fsp3) is 0.818. The molecule has 1 rings (SSSR count). The third kappa shape index (κ3) is 6.00. The lowest BCUT2D eigenvalue weighted by Gasteiger charge is -2.24. The molecule has 0 aliphatic carbocycles. The van der Waals surface area contributed by atoms with Crippen LogP contribution < -0.4 is 10.6 Å². The molecule has 9 heteroatoms. The maximum atomic E-state index is 11.7. The number of carbonyl (C=O) groups is 2. The quantitative estimate of drug-likeness (QED) is 0.637. The van der Waals surface area contributed by atoms with E-state index in [1.807, 2.05) is 6.26 Å². The third-order valence-electron chi connectivity index (χ3n) is 3.01.